The Morgan fingerprint density at radius 3 is 2.74 bits per heavy atom. The normalized spacial score (nSPS) is 16.9. The smallest absolute Gasteiger partial charge is 0.336 e. The van der Waals surface area contributed by atoms with E-state index in [1.165, 1.54) is 32.4 Å². The molecule has 3 nitrogen and oxygen atoms in total. The van der Waals surface area contributed by atoms with Gasteiger partial charge in [-0.1, -0.05) is 12.1 Å². The van der Waals surface area contributed by atoms with Crippen molar-refractivity contribution in [3.63, 3.8) is 0 Å². The van der Waals surface area contributed by atoms with Gasteiger partial charge in [0.05, 0.1) is 13.1 Å². The maximum absolute atomic E-state index is 11.7. The van der Waals surface area contributed by atoms with Crippen LogP contribution in [0.5, 0.6) is 0 Å². The summed E-state index contributed by atoms with van der Waals surface area (Å²) in [5, 5.41) is 1.09. The van der Waals surface area contributed by atoms with E-state index >= 15 is 0 Å². The average molecular weight is 258 g/mol. The predicted molar refractivity (Wildman–Crippen MR) is 75.5 cm³/mol. The van der Waals surface area contributed by atoms with Crippen molar-refractivity contribution in [2.45, 2.75) is 32.7 Å². The quantitative estimate of drug-likeness (QED) is 0.832. The van der Waals surface area contributed by atoms with Gasteiger partial charge < -0.3 is 9.32 Å². The lowest BCUT2D eigenvalue weighted by atomic mass is 10.1. The van der Waals surface area contributed by atoms with Crippen molar-refractivity contribution in [1.29, 1.82) is 0 Å². The van der Waals surface area contributed by atoms with Crippen molar-refractivity contribution in [3.8, 4) is 0 Å². The molecule has 1 aliphatic heterocycles. The van der Waals surface area contributed by atoms with Crippen LogP contribution >= 0.6 is 0 Å². The van der Waals surface area contributed by atoms with E-state index in [1.807, 2.05) is 13.0 Å². The van der Waals surface area contributed by atoms with E-state index < -0.39 is 0 Å². The summed E-state index contributed by atoms with van der Waals surface area (Å²) >= 11 is 0. The number of fused-ring (bicyclic) bond motifs is 1. The number of hydrogen-bond acceptors (Lipinski definition) is 2. The highest BCUT2D eigenvalue weighted by atomic mass is 16.4. The van der Waals surface area contributed by atoms with Crippen molar-refractivity contribution in [1.82, 2.24) is 0 Å². The van der Waals surface area contributed by atoms with Gasteiger partial charge in [0, 0.05) is 17.0 Å². The highest BCUT2D eigenvalue weighted by Gasteiger charge is 2.16. The zero-order chi connectivity index (χ0) is 13.2. The van der Waals surface area contributed by atoms with E-state index in [1.54, 1.807) is 11.0 Å². The lowest BCUT2D eigenvalue weighted by molar-refractivity contribution is -0.918. The number of likely N-dealkylation sites (tertiary alicyclic amines) is 1. The van der Waals surface area contributed by atoms with E-state index in [9.17, 15) is 4.79 Å². The lowest BCUT2D eigenvalue weighted by Crippen LogP contribution is -3.11. The fourth-order valence-corrected chi connectivity index (χ4v) is 2.98. The zero-order valence-electron chi connectivity index (χ0n) is 11.4. The van der Waals surface area contributed by atoms with Crippen molar-refractivity contribution in [2.75, 3.05) is 13.1 Å². The van der Waals surface area contributed by atoms with Gasteiger partial charge in [-0.15, -0.1) is 0 Å². The van der Waals surface area contributed by atoms with Gasteiger partial charge in [0.1, 0.15) is 12.1 Å². The second kappa shape index (κ2) is 5.17. The van der Waals surface area contributed by atoms with Crippen LogP contribution in [-0.2, 0) is 6.54 Å². The summed E-state index contributed by atoms with van der Waals surface area (Å²) < 4.78 is 5.31. The minimum atomic E-state index is -0.232. The standard InChI is InChI=1S/C16H19NO2/c1-12-5-6-14-13(10-16(18)19-15(14)9-12)11-17-7-3-2-4-8-17/h5-6,9-10H,2-4,7-8,11H2,1H3/p+1. The summed E-state index contributed by atoms with van der Waals surface area (Å²) in [6.07, 6.45) is 3.95. The van der Waals surface area contributed by atoms with Gasteiger partial charge in [-0.2, -0.15) is 0 Å². The van der Waals surface area contributed by atoms with E-state index in [4.69, 9.17) is 4.42 Å². The molecule has 0 bridgehead atoms. The van der Waals surface area contributed by atoms with Gasteiger partial charge in [0.15, 0.2) is 0 Å². The second-order valence-corrected chi connectivity index (χ2v) is 5.58. The van der Waals surface area contributed by atoms with Crippen LogP contribution in [0.2, 0.25) is 0 Å². The number of hydrogen-bond donors (Lipinski definition) is 1. The molecule has 0 unspecified atom stereocenters. The van der Waals surface area contributed by atoms with E-state index in [2.05, 4.69) is 12.1 Å². The first-order valence-corrected chi connectivity index (χ1v) is 7.09. The number of benzene rings is 1. The molecule has 1 fully saturated rings. The first kappa shape index (κ1) is 12.4. The lowest BCUT2D eigenvalue weighted by Gasteiger charge is -2.23. The third-order valence-electron chi connectivity index (χ3n) is 3.99. The number of aryl methyl sites for hydroxylation is 1. The minimum Gasteiger partial charge on any atom is -0.423 e. The van der Waals surface area contributed by atoms with Crippen LogP contribution in [-0.4, -0.2) is 13.1 Å². The molecule has 3 rings (SSSR count). The van der Waals surface area contributed by atoms with E-state index in [0.717, 1.165) is 28.6 Å². The van der Waals surface area contributed by atoms with Gasteiger partial charge in [-0.25, -0.2) is 4.79 Å². The molecule has 0 spiro atoms. The molecular weight excluding hydrogens is 238 g/mol. The molecule has 1 N–H and O–H groups in total. The SMILES string of the molecule is Cc1ccc2c(C[NH+]3CCCCC3)cc(=O)oc2c1. The summed E-state index contributed by atoms with van der Waals surface area (Å²) in [6, 6.07) is 7.77. The topological polar surface area (TPSA) is 34.7 Å². The molecule has 0 amide bonds. The fraction of sp³-hybridized carbons (Fsp3) is 0.438. The fourth-order valence-electron chi connectivity index (χ4n) is 2.98. The first-order valence-electron chi connectivity index (χ1n) is 7.09. The highest BCUT2D eigenvalue weighted by Crippen LogP contribution is 2.18. The first-order chi connectivity index (χ1) is 9.22. The van der Waals surface area contributed by atoms with Crippen LogP contribution in [0.3, 0.4) is 0 Å². The maximum Gasteiger partial charge on any atom is 0.336 e. The summed E-state index contributed by atoms with van der Waals surface area (Å²) in [5.74, 6) is 0. The largest absolute Gasteiger partial charge is 0.423 e. The number of rotatable bonds is 2. The average Bonchev–Trinajstić information content (AvgIpc) is 2.39. The number of nitrogens with one attached hydrogen (secondary N) is 1. The molecule has 19 heavy (non-hydrogen) atoms. The molecule has 100 valence electrons. The van der Waals surface area contributed by atoms with Crippen LogP contribution < -0.4 is 10.5 Å². The van der Waals surface area contributed by atoms with Gasteiger partial charge in [-0.3, -0.25) is 0 Å². The molecule has 1 saturated heterocycles. The number of quaternary nitrogens is 1. The Balaban J connectivity index is 1.99. The van der Waals surface area contributed by atoms with E-state index in [-0.39, 0.29) is 5.63 Å². The maximum atomic E-state index is 11.7. The Hall–Kier alpha value is -1.61. The molecule has 0 radical (unpaired) electrons. The Labute approximate surface area is 112 Å². The third-order valence-corrected chi connectivity index (χ3v) is 3.99. The Morgan fingerprint density at radius 2 is 1.95 bits per heavy atom. The molecule has 0 saturated carbocycles. The molecule has 1 aromatic heterocycles. The Morgan fingerprint density at radius 1 is 1.16 bits per heavy atom. The van der Waals surface area contributed by atoms with Crippen molar-refractivity contribution >= 4 is 11.0 Å². The Bertz CT molecular complexity index is 639. The van der Waals surface area contributed by atoms with Gasteiger partial charge in [-0.05, 0) is 37.8 Å². The summed E-state index contributed by atoms with van der Waals surface area (Å²) in [6.45, 7) is 5.38. The van der Waals surface area contributed by atoms with Crippen molar-refractivity contribution in [2.24, 2.45) is 0 Å². The minimum absolute atomic E-state index is 0.232. The molecule has 0 atom stereocenters. The van der Waals surface area contributed by atoms with Crippen LogP contribution in [0.25, 0.3) is 11.0 Å². The predicted octanol–water partition coefficient (Wildman–Crippen LogP) is 1.67. The van der Waals surface area contributed by atoms with Crippen molar-refractivity contribution < 1.29 is 9.32 Å². The highest BCUT2D eigenvalue weighted by molar-refractivity contribution is 5.80. The van der Waals surface area contributed by atoms with Crippen molar-refractivity contribution in [3.05, 3.63) is 45.8 Å². The van der Waals surface area contributed by atoms with Gasteiger partial charge in [0.2, 0.25) is 0 Å². The molecule has 2 aromatic rings. The van der Waals surface area contributed by atoms with Gasteiger partial charge >= 0.3 is 5.63 Å². The van der Waals surface area contributed by atoms with Crippen LogP contribution in [0.1, 0.15) is 30.4 Å². The zero-order valence-corrected chi connectivity index (χ0v) is 11.4. The summed E-state index contributed by atoms with van der Waals surface area (Å²) in [7, 11) is 0. The third kappa shape index (κ3) is 2.71. The molecule has 2 heterocycles. The van der Waals surface area contributed by atoms with Crippen LogP contribution in [0.4, 0.5) is 0 Å². The summed E-state index contributed by atoms with van der Waals surface area (Å²) in [4.78, 5) is 13.3. The van der Waals surface area contributed by atoms with Gasteiger partial charge in [0.25, 0.3) is 0 Å². The molecular formula is C16H20NO2+. The number of piperidine rings is 1. The molecule has 1 aromatic carbocycles. The molecule has 3 heteroatoms. The van der Waals surface area contributed by atoms with Crippen LogP contribution in [0, 0.1) is 6.92 Å². The molecule has 0 aliphatic carbocycles. The van der Waals surface area contributed by atoms with Crippen LogP contribution in [0.15, 0.2) is 33.5 Å². The van der Waals surface area contributed by atoms with E-state index in [0.29, 0.717) is 0 Å². The molecule has 1 aliphatic rings. The Kier molecular flexibility index (Phi) is 3.38. The second-order valence-electron chi connectivity index (χ2n) is 5.58. The monoisotopic (exact) mass is 258 g/mol. The summed E-state index contributed by atoms with van der Waals surface area (Å²) in [5.41, 5.74) is 2.74.